The van der Waals surface area contributed by atoms with Crippen molar-refractivity contribution in [1.82, 2.24) is 24.7 Å². The quantitative estimate of drug-likeness (QED) is 0.268. The van der Waals surface area contributed by atoms with Crippen molar-refractivity contribution in [3.8, 4) is 5.75 Å². The molecule has 0 amide bonds. The van der Waals surface area contributed by atoms with E-state index in [0.717, 1.165) is 0 Å². The summed E-state index contributed by atoms with van der Waals surface area (Å²) in [5.41, 5.74) is -1.67. The van der Waals surface area contributed by atoms with E-state index >= 15 is 4.39 Å². The molecule has 6 atom stereocenters. The fourth-order valence-corrected chi connectivity index (χ4v) is 5.66. The maximum atomic E-state index is 15.9. The van der Waals surface area contributed by atoms with E-state index in [-0.39, 0.29) is 18.1 Å². The monoisotopic (exact) mass is 579 g/mol. The maximum Gasteiger partial charge on any atom is 0.459 e. The van der Waals surface area contributed by atoms with E-state index in [1.807, 2.05) is 0 Å². The van der Waals surface area contributed by atoms with Crippen LogP contribution in [-0.4, -0.2) is 67.8 Å². The van der Waals surface area contributed by atoms with Gasteiger partial charge in [0.05, 0.1) is 29.6 Å². The summed E-state index contributed by atoms with van der Waals surface area (Å²) in [6.07, 6.45) is -1.37. The van der Waals surface area contributed by atoms with Gasteiger partial charge in [0, 0.05) is 6.04 Å². The van der Waals surface area contributed by atoms with Crippen LogP contribution in [0.2, 0.25) is 0 Å². The third kappa shape index (κ3) is 6.50. The highest BCUT2D eigenvalue weighted by atomic mass is 31.2. The van der Waals surface area contributed by atoms with E-state index in [0.29, 0.717) is 11.3 Å². The van der Waals surface area contributed by atoms with Crippen molar-refractivity contribution in [1.29, 1.82) is 0 Å². The summed E-state index contributed by atoms with van der Waals surface area (Å²) in [5.74, 6) is -0.177. The van der Waals surface area contributed by atoms with Crippen molar-refractivity contribution in [3.05, 3.63) is 54.2 Å². The normalized spacial score (nSPS) is 25.4. The van der Waals surface area contributed by atoms with Gasteiger partial charge in [0.2, 0.25) is 0 Å². The van der Waals surface area contributed by atoms with E-state index < -0.39 is 55.8 Å². The first-order valence-electron chi connectivity index (χ1n) is 12.8. The van der Waals surface area contributed by atoms with Crippen molar-refractivity contribution in [2.45, 2.75) is 71.6 Å². The molecule has 12 nitrogen and oxygen atoms in total. The number of carbonyl (C=O) groups is 1. The average molecular weight is 580 g/mol. The lowest BCUT2D eigenvalue weighted by molar-refractivity contribution is -0.153. The first-order valence-corrected chi connectivity index (χ1v) is 14.4. The highest BCUT2D eigenvalue weighted by Crippen LogP contribution is 2.48. The third-order valence-electron chi connectivity index (χ3n) is 6.36. The van der Waals surface area contributed by atoms with Crippen molar-refractivity contribution >= 4 is 19.4 Å². The molecule has 3 heterocycles. The van der Waals surface area contributed by atoms with Crippen LogP contribution >= 0.6 is 7.75 Å². The van der Waals surface area contributed by atoms with Crippen LogP contribution in [0.3, 0.4) is 0 Å². The van der Waals surface area contributed by atoms with Gasteiger partial charge in [-0.05, 0) is 53.7 Å². The number of benzene rings is 1. The zero-order valence-electron chi connectivity index (χ0n) is 23.3. The molecule has 218 valence electrons. The molecule has 40 heavy (non-hydrogen) atoms. The van der Waals surface area contributed by atoms with Crippen LogP contribution in [0.4, 0.5) is 4.39 Å². The van der Waals surface area contributed by atoms with Crippen molar-refractivity contribution in [3.63, 3.8) is 0 Å². The number of aliphatic hydroxyl groups is 1. The number of carbonyl (C=O) groups excluding carboxylic acids is 1. The summed E-state index contributed by atoms with van der Waals surface area (Å²) in [6, 6.07) is 7.68. The Bertz CT molecular complexity index is 1380. The number of ether oxygens (including phenoxy) is 2. The van der Waals surface area contributed by atoms with Gasteiger partial charge in [0.1, 0.15) is 37.0 Å². The summed E-state index contributed by atoms with van der Waals surface area (Å²) >= 11 is 0. The number of rotatable bonds is 10. The summed E-state index contributed by atoms with van der Waals surface area (Å²) < 4.78 is 53.7. The molecule has 4 rings (SSSR count). The van der Waals surface area contributed by atoms with Crippen molar-refractivity contribution < 1.29 is 37.4 Å². The zero-order valence-corrected chi connectivity index (χ0v) is 24.2. The Morgan fingerprint density at radius 3 is 2.67 bits per heavy atom. The molecule has 1 fully saturated rings. The van der Waals surface area contributed by atoms with Crippen LogP contribution in [0.25, 0.3) is 5.65 Å². The van der Waals surface area contributed by atoms with Gasteiger partial charge in [-0.1, -0.05) is 18.2 Å². The molecule has 14 heteroatoms. The van der Waals surface area contributed by atoms with Crippen LogP contribution in [0.5, 0.6) is 5.75 Å². The highest BCUT2D eigenvalue weighted by Gasteiger charge is 2.56. The van der Waals surface area contributed by atoms with Gasteiger partial charge in [-0.2, -0.15) is 5.10 Å². The van der Waals surface area contributed by atoms with Gasteiger partial charge >= 0.3 is 13.7 Å². The number of hydrogen-bond donors (Lipinski definition) is 2. The minimum Gasteiger partial charge on any atom is -0.464 e. The lowest BCUT2D eigenvalue weighted by atomic mass is 9.93. The van der Waals surface area contributed by atoms with E-state index in [9.17, 15) is 14.5 Å². The minimum atomic E-state index is -4.14. The highest BCUT2D eigenvalue weighted by molar-refractivity contribution is 7.52. The molecule has 0 aliphatic carbocycles. The topological polar surface area (TPSA) is 146 Å². The Labute approximate surface area is 231 Å². The Balaban J connectivity index is 1.50. The zero-order chi connectivity index (χ0) is 29.3. The van der Waals surface area contributed by atoms with Crippen molar-refractivity contribution in [2.24, 2.45) is 5.41 Å². The van der Waals surface area contributed by atoms with Crippen LogP contribution in [0.1, 0.15) is 52.1 Å². The maximum absolute atomic E-state index is 15.9. The molecule has 3 aromatic rings. The second-order valence-corrected chi connectivity index (χ2v) is 12.7. The molecule has 0 bridgehead atoms. The van der Waals surface area contributed by atoms with E-state index in [1.54, 1.807) is 65.0 Å². The standard InChI is InChI=1S/C26H35FN5O7P/c1-16(13-36-24(34)25(3,4)5)31-40(35,39-18-10-8-7-9-11-18)37-14-20-21(33)26(6,27)22(38-20)19-12-28-23-17(2)29-15-30-32(19)23/h7-12,15-16,20-22,33H,13-14H2,1-6H3,(H,31,35)/t16-,20+,21+,22-,26+,40?/m0/s1. The second-order valence-electron chi connectivity index (χ2n) is 11.0. The fraction of sp³-hybridized carbons (Fsp3) is 0.538. The smallest absolute Gasteiger partial charge is 0.459 e. The summed E-state index contributed by atoms with van der Waals surface area (Å²) in [7, 11) is -4.14. The van der Waals surface area contributed by atoms with Gasteiger partial charge in [-0.25, -0.2) is 28.5 Å². The Kier molecular flexibility index (Phi) is 8.63. The second kappa shape index (κ2) is 11.5. The molecule has 0 radical (unpaired) electrons. The van der Waals surface area contributed by atoms with Gasteiger partial charge in [0.25, 0.3) is 0 Å². The Morgan fingerprint density at radius 2 is 2.00 bits per heavy atom. The van der Waals surface area contributed by atoms with E-state index in [1.165, 1.54) is 24.0 Å². The molecule has 1 saturated heterocycles. The number of nitrogens with one attached hydrogen (secondary N) is 1. The largest absolute Gasteiger partial charge is 0.464 e. The molecule has 0 saturated carbocycles. The summed E-state index contributed by atoms with van der Waals surface area (Å²) in [4.78, 5) is 20.5. The fourth-order valence-electron chi connectivity index (χ4n) is 4.12. The molecular formula is C26H35FN5O7P. The first-order chi connectivity index (χ1) is 18.7. The predicted molar refractivity (Wildman–Crippen MR) is 142 cm³/mol. The lowest BCUT2D eigenvalue weighted by Gasteiger charge is -2.26. The van der Waals surface area contributed by atoms with Crippen LogP contribution < -0.4 is 9.61 Å². The lowest BCUT2D eigenvalue weighted by Crippen LogP contribution is -2.40. The number of esters is 1. The average Bonchev–Trinajstić information content (AvgIpc) is 3.40. The number of nitrogens with zero attached hydrogens (tertiary/aromatic N) is 4. The van der Waals surface area contributed by atoms with E-state index in [2.05, 4.69) is 20.2 Å². The molecule has 2 aromatic heterocycles. The number of fused-ring (bicyclic) bond motifs is 1. The van der Waals surface area contributed by atoms with Crippen LogP contribution in [0, 0.1) is 12.3 Å². The number of aromatic nitrogens is 4. The number of halogens is 1. The molecule has 1 unspecified atom stereocenters. The number of aryl methyl sites for hydroxylation is 1. The van der Waals surface area contributed by atoms with Gasteiger partial charge in [0.15, 0.2) is 11.3 Å². The Hall–Kier alpha value is -2.96. The molecule has 1 aliphatic rings. The van der Waals surface area contributed by atoms with Crippen LogP contribution in [0.15, 0.2) is 42.9 Å². The summed E-state index contributed by atoms with van der Waals surface area (Å²) in [5, 5.41) is 17.7. The number of aliphatic hydroxyl groups excluding tert-OH is 1. The minimum absolute atomic E-state index is 0.107. The van der Waals surface area contributed by atoms with Crippen molar-refractivity contribution in [2.75, 3.05) is 13.2 Å². The molecule has 2 N–H and O–H groups in total. The SMILES string of the molecule is Cc1ncnn2c([C@@H]3O[C@H](COP(=O)(N[C@@H](C)COC(=O)C(C)(C)C)Oc4ccccc4)[C@@H](O)[C@@]3(C)F)cnc12. The van der Waals surface area contributed by atoms with Gasteiger partial charge < -0.3 is 19.1 Å². The van der Waals surface area contributed by atoms with Crippen LogP contribution in [-0.2, 0) is 23.4 Å². The number of hydrogen-bond acceptors (Lipinski definition) is 10. The molecule has 1 aromatic carbocycles. The molecule has 0 spiro atoms. The Morgan fingerprint density at radius 1 is 1.30 bits per heavy atom. The van der Waals surface area contributed by atoms with E-state index in [4.69, 9.17) is 18.5 Å². The molecular weight excluding hydrogens is 544 g/mol. The van der Waals surface area contributed by atoms with Gasteiger partial charge in [-0.15, -0.1) is 0 Å². The molecule has 1 aliphatic heterocycles. The van der Waals surface area contributed by atoms with Gasteiger partial charge in [-0.3, -0.25) is 9.32 Å². The predicted octanol–water partition coefficient (Wildman–Crippen LogP) is 3.73. The summed E-state index contributed by atoms with van der Waals surface area (Å²) in [6.45, 7) is 9.17. The number of para-hydroxylation sites is 1. The number of imidazole rings is 1. The third-order valence-corrected chi connectivity index (χ3v) is 8.06. The first kappa shape index (κ1) is 30.0. The number of alkyl halides is 1.